The third-order valence-corrected chi connectivity index (χ3v) is 4.82. The van der Waals surface area contributed by atoms with Crippen LogP contribution in [0.3, 0.4) is 0 Å². The van der Waals surface area contributed by atoms with Crippen LogP contribution in [0.15, 0.2) is 53.7 Å². The first-order valence-corrected chi connectivity index (χ1v) is 8.10. The summed E-state index contributed by atoms with van der Waals surface area (Å²) in [5.74, 6) is -0.439. The van der Waals surface area contributed by atoms with Gasteiger partial charge in [0.1, 0.15) is 5.82 Å². The van der Waals surface area contributed by atoms with Gasteiger partial charge < -0.3 is 4.57 Å². The number of fused-ring (bicyclic) bond motifs is 1. The molecule has 0 radical (unpaired) electrons. The first kappa shape index (κ1) is 14.7. The zero-order valence-electron chi connectivity index (χ0n) is 11.8. The maximum absolute atomic E-state index is 13.5. The van der Waals surface area contributed by atoms with Crippen LogP contribution in [0.4, 0.5) is 4.39 Å². The summed E-state index contributed by atoms with van der Waals surface area (Å²) in [7, 11) is -1.89. The summed E-state index contributed by atoms with van der Waals surface area (Å²) in [5, 5.41) is 0. The van der Waals surface area contributed by atoms with Gasteiger partial charge in [0.15, 0.2) is 0 Å². The fourth-order valence-electron chi connectivity index (χ4n) is 2.18. The standard InChI is InChI=1S/C15H14FN3O2S/c1-19-10-17-14-8-12(6-7-15(14)19)22(20,21)18-9-11-4-2-3-5-13(11)16/h2-8,10,18H,9H2,1H3. The molecule has 0 amide bonds. The van der Waals surface area contributed by atoms with Crippen molar-refractivity contribution in [3.05, 3.63) is 60.2 Å². The molecule has 7 heteroatoms. The van der Waals surface area contributed by atoms with Crippen LogP contribution in [0.25, 0.3) is 11.0 Å². The summed E-state index contributed by atoms with van der Waals surface area (Å²) < 4.78 is 42.3. The Balaban J connectivity index is 1.86. The molecule has 1 heterocycles. The van der Waals surface area contributed by atoms with E-state index in [2.05, 4.69) is 9.71 Å². The Morgan fingerprint density at radius 2 is 2.00 bits per heavy atom. The van der Waals surface area contributed by atoms with E-state index in [1.807, 2.05) is 7.05 Å². The molecule has 5 nitrogen and oxygen atoms in total. The van der Waals surface area contributed by atoms with Crippen molar-refractivity contribution >= 4 is 21.1 Å². The molecule has 0 aliphatic rings. The molecule has 0 aliphatic heterocycles. The van der Waals surface area contributed by atoms with Gasteiger partial charge in [0.05, 0.1) is 22.3 Å². The van der Waals surface area contributed by atoms with Crippen molar-refractivity contribution < 1.29 is 12.8 Å². The lowest BCUT2D eigenvalue weighted by Gasteiger charge is -2.08. The van der Waals surface area contributed by atoms with Crippen LogP contribution in [-0.2, 0) is 23.6 Å². The third kappa shape index (κ3) is 2.72. The van der Waals surface area contributed by atoms with Crippen molar-refractivity contribution in [1.82, 2.24) is 14.3 Å². The summed E-state index contributed by atoms with van der Waals surface area (Å²) in [4.78, 5) is 4.24. The van der Waals surface area contributed by atoms with Crippen LogP contribution in [-0.4, -0.2) is 18.0 Å². The Hall–Kier alpha value is -2.25. The van der Waals surface area contributed by atoms with Gasteiger partial charge in [-0.15, -0.1) is 0 Å². The molecule has 3 aromatic rings. The van der Waals surface area contributed by atoms with Crippen LogP contribution in [0, 0.1) is 5.82 Å². The lowest BCUT2D eigenvalue weighted by atomic mass is 10.2. The van der Waals surface area contributed by atoms with E-state index in [9.17, 15) is 12.8 Å². The largest absolute Gasteiger partial charge is 0.334 e. The van der Waals surface area contributed by atoms with Crippen LogP contribution in [0.2, 0.25) is 0 Å². The molecule has 2 aromatic carbocycles. The maximum atomic E-state index is 13.5. The number of benzene rings is 2. The van der Waals surface area contributed by atoms with E-state index >= 15 is 0 Å². The first-order valence-electron chi connectivity index (χ1n) is 6.61. The Bertz CT molecular complexity index is 935. The molecule has 1 N–H and O–H groups in total. The topological polar surface area (TPSA) is 64.0 Å². The van der Waals surface area contributed by atoms with Gasteiger partial charge >= 0.3 is 0 Å². The van der Waals surface area contributed by atoms with Gasteiger partial charge in [-0.05, 0) is 24.3 Å². The zero-order valence-corrected chi connectivity index (χ0v) is 12.6. The van der Waals surface area contributed by atoms with Crippen molar-refractivity contribution in [1.29, 1.82) is 0 Å². The number of halogens is 1. The second-order valence-electron chi connectivity index (χ2n) is 4.92. The van der Waals surface area contributed by atoms with E-state index in [-0.39, 0.29) is 11.4 Å². The number of aryl methyl sites for hydroxylation is 1. The van der Waals surface area contributed by atoms with E-state index in [1.54, 1.807) is 35.2 Å². The van der Waals surface area contributed by atoms with Crippen molar-refractivity contribution in [2.24, 2.45) is 7.05 Å². The fourth-order valence-corrected chi connectivity index (χ4v) is 3.21. The summed E-state index contributed by atoms with van der Waals surface area (Å²) in [5.41, 5.74) is 1.73. The predicted octanol–water partition coefficient (Wildman–Crippen LogP) is 2.19. The highest BCUT2D eigenvalue weighted by Gasteiger charge is 2.16. The quantitative estimate of drug-likeness (QED) is 0.802. The van der Waals surface area contributed by atoms with Gasteiger partial charge in [0, 0.05) is 19.2 Å². The van der Waals surface area contributed by atoms with E-state index in [1.165, 1.54) is 18.2 Å². The molecule has 3 rings (SSSR count). The second kappa shape index (κ2) is 5.51. The lowest BCUT2D eigenvalue weighted by Crippen LogP contribution is -2.23. The number of hydrogen-bond acceptors (Lipinski definition) is 3. The molecule has 0 unspecified atom stereocenters. The molecule has 0 saturated heterocycles. The number of nitrogens with zero attached hydrogens (tertiary/aromatic N) is 2. The summed E-state index contributed by atoms with van der Waals surface area (Å²) in [6.45, 7) is -0.102. The van der Waals surface area contributed by atoms with E-state index < -0.39 is 15.8 Å². The van der Waals surface area contributed by atoms with E-state index in [0.29, 0.717) is 11.1 Å². The Labute approximate surface area is 127 Å². The predicted molar refractivity (Wildman–Crippen MR) is 81.1 cm³/mol. The van der Waals surface area contributed by atoms with E-state index in [4.69, 9.17) is 0 Å². The number of sulfonamides is 1. The van der Waals surface area contributed by atoms with Crippen LogP contribution in [0.1, 0.15) is 5.56 Å². The number of rotatable bonds is 4. The van der Waals surface area contributed by atoms with Gasteiger partial charge in [-0.25, -0.2) is 22.5 Å². The van der Waals surface area contributed by atoms with Gasteiger partial charge in [0.25, 0.3) is 0 Å². The lowest BCUT2D eigenvalue weighted by molar-refractivity contribution is 0.574. The zero-order chi connectivity index (χ0) is 15.7. The molecule has 114 valence electrons. The van der Waals surface area contributed by atoms with E-state index in [0.717, 1.165) is 5.52 Å². The fraction of sp³-hybridized carbons (Fsp3) is 0.133. The average molecular weight is 319 g/mol. The van der Waals surface area contributed by atoms with Crippen molar-refractivity contribution in [2.45, 2.75) is 11.4 Å². The molecular weight excluding hydrogens is 305 g/mol. The maximum Gasteiger partial charge on any atom is 0.240 e. The molecule has 0 spiro atoms. The summed E-state index contributed by atoms with van der Waals surface area (Å²) >= 11 is 0. The van der Waals surface area contributed by atoms with Gasteiger partial charge in [0.2, 0.25) is 10.0 Å². The van der Waals surface area contributed by atoms with Crippen LogP contribution >= 0.6 is 0 Å². The van der Waals surface area contributed by atoms with Gasteiger partial charge in [-0.1, -0.05) is 18.2 Å². The minimum atomic E-state index is -3.72. The highest BCUT2D eigenvalue weighted by atomic mass is 32.2. The summed E-state index contributed by atoms with van der Waals surface area (Å²) in [6, 6.07) is 10.8. The number of imidazole rings is 1. The SMILES string of the molecule is Cn1cnc2cc(S(=O)(=O)NCc3ccccc3F)ccc21. The number of aromatic nitrogens is 2. The monoisotopic (exact) mass is 319 g/mol. The minimum absolute atomic E-state index is 0.102. The number of nitrogens with one attached hydrogen (secondary N) is 1. The molecule has 0 atom stereocenters. The smallest absolute Gasteiger partial charge is 0.240 e. The highest BCUT2D eigenvalue weighted by Crippen LogP contribution is 2.18. The van der Waals surface area contributed by atoms with Crippen molar-refractivity contribution in [3.63, 3.8) is 0 Å². The highest BCUT2D eigenvalue weighted by molar-refractivity contribution is 7.89. The molecule has 0 bridgehead atoms. The molecular formula is C15H14FN3O2S. The van der Waals surface area contributed by atoms with Crippen LogP contribution in [0.5, 0.6) is 0 Å². The summed E-state index contributed by atoms with van der Waals surface area (Å²) in [6.07, 6.45) is 1.62. The molecule has 1 aromatic heterocycles. The first-order chi connectivity index (χ1) is 10.5. The molecule has 0 saturated carbocycles. The Kier molecular flexibility index (Phi) is 3.67. The minimum Gasteiger partial charge on any atom is -0.334 e. The van der Waals surface area contributed by atoms with Crippen molar-refractivity contribution in [3.8, 4) is 0 Å². The second-order valence-corrected chi connectivity index (χ2v) is 6.69. The third-order valence-electron chi connectivity index (χ3n) is 3.42. The van der Waals surface area contributed by atoms with Gasteiger partial charge in [-0.3, -0.25) is 0 Å². The Morgan fingerprint density at radius 3 is 2.77 bits per heavy atom. The molecule has 0 aliphatic carbocycles. The van der Waals surface area contributed by atoms with Crippen molar-refractivity contribution in [2.75, 3.05) is 0 Å². The van der Waals surface area contributed by atoms with Gasteiger partial charge in [-0.2, -0.15) is 0 Å². The normalized spacial score (nSPS) is 11.9. The Morgan fingerprint density at radius 1 is 1.23 bits per heavy atom. The molecule has 22 heavy (non-hydrogen) atoms. The average Bonchev–Trinajstić information content (AvgIpc) is 2.87. The van der Waals surface area contributed by atoms with Crippen LogP contribution < -0.4 is 4.72 Å². The number of hydrogen-bond donors (Lipinski definition) is 1. The molecule has 0 fully saturated rings.